The van der Waals surface area contributed by atoms with Crippen molar-refractivity contribution in [1.29, 1.82) is 0 Å². The number of halogens is 1. The zero-order valence-corrected chi connectivity index (χ0v) is 17.9. The van der Waals surface area contributed by atoms with Gasteiger partial charge in [-0.15, -0.1) is 11.6 Å². The Balaban J connectivity index is 1.91. The van der Waals surface area contributed by atoms with Crippen molar-refractivity contribution < 1.29 is 14.9 Å². The van der Waals surface area contributed by atoms with Crippen LogP contribution in [0.15, 0.2) is 84.9 Å². The third-order valence-electron chi connectivity index (χ3n) is 5.30. The minimum atomic E-state index is 0.226. The summed E-state index contributed by atoms with van der Waals surface area (Å²) in [6, 6.07) is 26.7. The Hall–Kier alpha value is -3.43. The van der Waals surface area contributed by atoms with Crippen LogP contribution in [0.5, 0.6) is 17.2 Å². The highest BCUT2D eigenvalue weighted by atomic mass is 35.5. The molecule has 4 aromatic carbocycles. The molecule has 0 spiro atoms. The molecule has 4 aromatic rings. The fraction of sp³-hybridized carbons (Fsp3) is 0.111. The Labute approximate surface area is 186 Å². The Morgan fingerprint density at radius 1 is 0.806 bits per heavy atom. The summed E-state index contributed by atoms with van der Waals surface area (Å²) in [7, 11) is 0. The lowest BCUT2D eigenvalue weighted by Crippen LogP contribution is -1.98. The summed E-state index contributed by atoms with van der Waals surface area (Å²) >= 11 is 5.71. The summed E-state index contributed by atoms with van der Waals surface area (Å²) in [4.78, 5) is 0. The van der Waals surface area contributed by atoms with Crippen molar-refractivity contribution in [3.63, 3.8) is 0 Å². The van der Waals surface area contributed by atoms with Crippen molar-refractivity contribution >= 4 is 33.5 Å². The summed E-state index contributed by atoms with van der Waals surface area (Å²) in [5.41, 5.74) is 5.28. The molecular formula is C27H23ClO3. The van der Waals surface area contributed by atoms with Crippen LogP contribution in [0, 0.1) is 0 Å². The maximum absolute atomic E-state index is 9.92. The van der Waals surface area contributed by atoms with Crippen LogP contribution in [0.1, 0.15) is 23.6 Å². The van der Waals surface area contributed by atoms with E-state index in [0.29, 0.717) is 12.5 Å². The first kappa shape index (κ1) is 20.8. The zero-order valence-electron chi connectivity index (χ0n) is 17.2. The summed E-state index contributed by atoms with van der Waals surface area (Å²) in [6.45, 7) is 2.56. The quantitative estimate of drug-likeness (QED) is 0.260. The smallest absolute Gasteiger partial charge is 0.119 e. The minimum absolute atomic E-state index is 0.226. The van der Waals surface area contributed by atoms with Crippen molar-refractivity contribution in [2.24, 2.45) is 0 Å². The van der Waals surface area contributed by atoms with Gasteiger partial charge in [0.25, 0.3) is 0 Å². The van der Waals surface area contributed by atoms with Gasteiger partial charge < -0.3 is 14.9 Å². The molecular weight excluding hydrogens is 408 g/mol. The second kappa shape index (κ2) is 9.15. The number of rotatable bonds is 6. The molecule has 0 radical (unpaired) electrons. The summed E-state index contributed by atoms with van der Waals surface area (Å²) < 4.78 is 5.60. The molecule has 0 fully saturated rings. The first-order valence-electron chi connectivity index (χ1n) is 10.1. The second-order valence-corrected chi connectivity index (χ2v) is 7.70. The number of aromatic hydroxyl groups is 2. The normalized spacial score (nSPS) is 11.9. The van der Waals surface area contributed by atoms with Crippen LogP contribution in [0.25, 0.3) is 21.9 Å². The predicted molar refractivity (Wildman–Crippen MR) is 128 cm³/mol. The van der Waals surface area contributed by atoms with Gasteiger partial charge in [0.1, 0.15) is 23.9 Å². The second-order valence-electron chi connectivity index (χ2n) is 7.32. The molecule has 0 unspecified atom stereocenters. The minimum Gasteiger partial charge on any atom is -0.508 e. The van der Waals surface area contributed by atoms with E-state index in [1.54, 1.807) is 24.3 Å². The molecule has 0 saturated carbocycles. The van der Waals surface area contributed by atoms with E-state index in [9.17, 15) is 10.2 Å². The molecule has 0 aliphatic rings. The molecule has 0 atom stereocenters. The molecule has 3 nitrogen and oxygen atoms in total. The fourth-order valence-electron chi connectivity index (χ4n) is 3.79. The van der Waals surface area contributed by atoms with Gasteiger partial charge >= 0.3 is 0 Å². The largest absolute Gasteiger partial charge is 0.508 e. The van der Waals surface area contributed by atoms with Crippen molar-refractivity contribution in [1.82, 2.24) is 0 Å². The Morgan fingerprint density at radius 3 is 2.19 bits per heavy atom. The van der Waals surface area contributed by atoms with E-state index in [-0.39, 0.29) is 11.5 Å². The average molecular weight is 431 g/mol. The molecule has 156 valence electrons. The maximum atomic E-state index is 9.92. The zero-order chi connectivity index (χ0) is 21.8. The van der Waals surface area contributed by atoms with Gasteiger partial charge in [0, 0.05) is 0 Å². The monoisotopic (exact) mass is 430 g/mol. The van der Waals surface area contributed by atoms with Crippen molar-refractivity contribution in [2.75, 3.05) is 12.5 Å². The van der Waals surface area contributed by atoms with Gasteiger partial charge in [-0.05, 0) is 81.9 Å². The average Bonchev–Trinajstić information content (AvgIpc) is 2.79. The molecule has 0 saturated heterocycles. The van der Waals surface area contributed by atoms with Crippen molar-refractivity contribution in [2.45, 2.75) is 6.92 Å². The number of fused-ring (bicyclic) bond motifs is 1. The maximum Gasteiger partial charge on any atom is 0.119 e. The van der Waals surface area contributed by atoms with Crippen LogP contribution in [0.4, 0.5) is 0 Å². The van der Waals surface area contributed by atoms with Gasteiger partial charge in [0.2, 0.25) is 0 Å². The first-order valence-corrected chi connectivity index (χ1v) is 10.6. The highest BCUT2D eigenvalue weighted by molar-refractivity contribution is 6.18. The third-order valence-corrected chi connectivity index (χ3v) is 5.45. The molecule has 0 amide bonds. The standard InChI is InChI=1S/C27H23ClO3/c1-18(19-7-12-24(13-8-19)31-16-15-28)27(20-5-9-22(29)10-6-20)26-4-2-3-21-17-23(30)11-14-25(21)26/h2-14,17,29-30H,15-16H2,1H3/b27-18+. The van der Waals surface area contributed by atoms with Crippen molar-refractivity contribution in [3.05, 3.63) is 102 Å². The SMILES string of the molecule is C/C(=C(/c1ccc(O)cc1)c1cccc2cc(O)ccc12)c1ccc(OCCCl)cc1. The highest BCUT2D eigenvalue weighted by Gasteiger charge is 2.14. The predicted octanol–water partition coefficient (Wildman–Crippen LogP) is 6.85. The topological polar surface area (TPSA) is 49.7 Å². The van der Waals surface area contributed by atoms with Gasteiger partial charge in [-0.3, -0.25) is 0 Å². The van der Waals surface area contributed by atoms with Gasteiger partial charge in [0.05, 0.1) is 5.88 Å². The number of allylic oxidation sites excluding steroid dienone is 1. The van der Waals surface area contributed by atoms with Gasteiger partial charge in [0.15, 0.2) is 0 Å². The molecule has 0 aliphatic carbocycles. The van der Waals surface area contributed by atoms with Crippen molar-refractivity contribution in [3.8, 4) is 17.2 Å². The number of ether oxygens (including phenoxy) is 1. The Morgan fingerprint density at radius 2 is 1.48 bits per heavy atom. The number of phenols is 2. The summed E-state index contributed by atoms with van der Waals surface area (Å²) in [5, 5.41) is 21.7. The van der Waals surface area contributed by atoms with Crippen LogP contribution in [0.3, 0.4) is 0 Å². The molecule has 4 heteroatoms. The van der Waals surface area contributed by atoms with Crippen LogP contribution in [-0.4, -0.2) is 22.7 Å². The lowest BCUT2D eigenvalue weighted by Gasteiger charge is -2.17. The van der Waals surface area contributed by atoms with Crippen LogP contribution in [-0.2, 0) is 0 Å². The Kier molecular flexibility index (Phi) is 6.15. The number of benzene rings is 4. The van der Waals surface area contributed by atoms with Gasteiger partial charge in [-0.2, -0.15) is 0 Å². The number of alkyl halides is 1. The first-order chi connectivity index (χ1) is 15.1. The summed E-state index contributed by atoms with van der Waals surface area (Å²) in [6.07, 6.45) is 0. The number of hydrogen-bond acceptors (Lipinski definition) is 3. The number of hydrogen-bond donors (Lipinski definition) is 2. The molecule has 4 rings (SSSR count). The van der Waals surface area contributed by atoms with E-state index >= 15 is 0 Å². The third kappa shape index (κ3) is 4.52. The van der Waals surface area contributed by atoms with E-state index in [1.807, 2.05) is 54.6 Å². The molecule has 2 N–H and O–H groups in total. The molecule has 0 aromatic heterocycles. The molecule has 0 bridgehead atoms. The lowest BCUT2D eigenvalue weighted by atomic mass is 9.87. The highest BCUT2D eigenvalue weighted by Crippen LogP contribution is 2.37. The van der Waals surface area contributed by atoms with Crippen LogP contribution >= 0.6 is 11.6 Å². The van der Waals surface area contributed by atoms with Crippen LogP contribution in [0.2, 0.25) is 0 Å². The Bertz CT molecular complexity index is 1230. The van der Waals surface area contributed by atoms with Crippen LogP contribution < -0.4 is 4.74 Å². The van der Waals surface area contributed by atoms with E-state index in [1.165, 1.54) is 0 Å². The van der Waals surface area contributed by atoms with E-state index in [0.717, 1.165) is 44.4 Å². The number of phenolic OH excluding ortho intramolecular Hbond substituents is 2. The van der Waals surface area contributed by atoms with E-state index < -0.39 is 0 Å². The van der Waals surface area contributed by atoms with Gasteiger partial charge in [-0.25, -0.2) is 0 Å². The van der Waals surface area contributed by atoms with Gasteiger partial charge in [-0.1, -0.05) is 48.5 Å². The molecule has 0 heterocycles. The summed E-state index contributed by atoms with van der Waals surface area (Å²) in [5.74, 6) is 1.69. The van der Waals surface area contributed by atoms with E-state index in [4.69, 9.17) is 16.3 Å². The molecule has 31 heavy (non-hydrogen) atoms. The lowest BCUT2D eigenvalue weighted by molar-refractivity contribution is 0.343. The van der Waals surface area contributed by atoms with E-state index in [2.05, 4.69) is 13.0 Å². The fourth-order valence-corrected chi connectivity index (χ4v) is 3.87. The molecule has 0 aliphatic heterocycles.